The maximum Gasteiger partial charge on any atom is 0.222 e. The molecule has 19 heavy (non-hydrogen) atoms. The molecule has 1 saturated carbocycles. The predicted octanol–water partition coefficient (Wildman–Crippen LogP) is 1.14. The Morgan fingerprint density at radius 2 is 1.74 bits per heavy atom. The molecule has 2 aliphatic heterocycles. The second-order valence-corrected chi connectivity index (χ2v) is 5.71. The number of amides is 1. The molecule has 1 amide bonds. The van der Waals surface area contributed by atoms with E-state index in [4.69, 9.17) is 0 Å². The van der Waals surface area contributed by atoms with Crippen molar-refractivity contribution in [3.05, 3.63) is 0 Å². The molecular weight excluding hydrogens is 285 g/mol. The summed E-state index contributed by atoms with van der Waals surface area (Å²) in [6.45, 7) is 6.23. The molecule has 0 spiro atoms. The highest BCUT2D eigenvalue weighted by molar-refractivity contribution is 5.85. The fourth-order valence-corrected chi connectivity index (χ4v) is 3.04. The molecule has 1 aliphatic carbocycles. The van der Waals surface area contributed by atoms with E-state index >= 15 is 0 Å². The van der Waals surface area contributed by atoms with Crippen LogP contribution in [-0.2, 0) is 4.79 Å². The molecule has 1 unspecified atom stereocenters. The van der Waals surface area contributed by atoms with Crippen LogP contribution in [0.5, 0.6) is 0 Å². The molecule has 3 fully saturated rings. The lowest BCUT2D eigenvalue weighted by molar-refractivity contribution is -0.133. The summed E-state index contributed by atoms with van der Waals surface area (Å²) in [5.41, 5.74) is 0. The molecule has 0 aromatic rings. The summed E-state index contributed by atoms with van der Waals surface area (Å²) in [6, 6.07) is 0.853. The Morgan fingerprint density at radius 3 is 2.26 bits per heavy atom. The Hall–Kier alpha value is -0.0300. The number of rotatable bonds is 3. The van der Waals surface area contributed by atoms with Crippen LogP contribution in [0.3, 0.4) is 0 Å². The molecule has 4 nitrogen and oxygen atoms in total. The lowest BCUT2D eigenvalue weighted by atomic mass is 10.0. The van der Waals surface area contributed by atoms with Crippen LogP contribution in [0.1, 0.15) is 25.7 Å². The van der Waals surface area contributed by atoms with E-state index in [1.165, 1.54) is 19.3 Å². The van der Waals surface area contributed by atoms with Crippen molar-refractivity contribution in [1.29, 1.82) is 0 Å². The third-order valence-corrected chi connectivity index (χ3v) is 4.36. The molecule has 0 aromatic heterocycles. The number of hydrogen-bond acceptors (Lipinski definition) is 3. The van der Waals surface area contributed by atoms with Gasteiger partial charge in [-0.05, 0) is 38.3 Å². The molecule has 0 radical (unpaired) electrons. The fraction of sp³-hybridized carbons (Fsp3) is 0.923. The molecule has 6 heteroatoms. The van der Waals surface area contributed by atoms with Gasteiger partial charge < -0.3 is 10.2 Å². The van der Waals surface area contributed by atoms with Crippen molar-refractivity contribution in [2.75, 3.05) is 39.3 Å². The van der Waals surface area contributed by atoms with Crippen LogP contribution < -0.4 is 5.32 Å². The van der Waals surface area contributed by atoms with E-state index in [-0.39, 0.29) is 24.8 Å². The first-order chi connectivity index (χ1) is 8.33. The summed E-state index contributed by atoms with van der Waals surface area (Å²) in [6.07, 6.45) is 4.69. The van der Waals surface area contributed by atoms with E-state index in [0.717, 1.165) is 51.7 Å². The summed E-state index contributed by atoms with van der Waals surface area (Å²) >= 11 is 0. The van der Waals surface area contributed by atoms with E-state index in [0.29, 0.717) is 11.8 Å². The van der Waals surface area contributed by atoms with Gasteiger partial charge in [0.15, 0.2) is 0 Å². The number of carbonyl (C=O) groups is 1. The van der Waals surface area contributed by atoms with Gasteiger partial charge in [-0.2, -0.15) is 0 Å². The quantitative estimate of drug-likeness (QED) is 0.849. The van der Waals surface area contributed by atoms with E-state index in [2.05, 4.69) is 15.1 Å². The van der Waals surface area contributed by atoms with Gasteiger partial charge in [-0.25, -0.2) is 0 Å². The van der Waals surface area contributed by atoms with Crippen LogP contribution in [0.2, 0.25) is 0 Å². The minimum Gasteiger partial charge on any atom is -0.340 e. The molecule has 0 bridgehead atoms. The van der Waals surface area contributed by atoms with Gasteiger partial charge in [-0.1, -0.05) is 0 Å². The van der Waals surface area contributed by atoms with Crippen LogP contribution in [0.4, 0.5) is 0 Å². The van der Waals surface area contributed by atoms with E-state index < -0.39 is 0 Å². The fourth-order valence-electron chi connectivity index (χ4n) is 3.04. The van der Waals surface area contributed by atoms with Gasteiger partial charge in [0.1, 0.15) is 0 Å². The first kappa shape index (κ1) is 17.0. The van der Waals surface area contributed by atoms with Crippen LogP contribution in [0.15, 0.2) is 0 Å². The largest absolute Gasteiger partial charge is 0.340 e. The van der Waals surface area contributed by atoms with Crippen molar-refractivity contribution >= 4 is 30.7 Å². The summed E-state index contributed by atoms with van der Waals surface area (Å²) < 4.78 is 0. The van der Waals surface area contributed by atoms with Crippen LogP contribution >= 0.6 is 24.8 Å². The molecule has 2 heterocycles. The maximum atomic E-state index is 12.1. The van der Waals surface area contributed by atoms with Crippen molar-refractivity contribution < 1.29 is 4.79 Å². The first-order valence-corrected chi connectivity index (χ1v) is 7.05. The van der Waals surface area contributed by atoms with Gasteiger partial charge in [0.2, 0.25) is 5.91 Å². The SMILES string of the molecule is Cl.Cl.O=C(CC1CCNC1)N1CCN(C2CC2)CC1. The highest BCUT2D eigenvalue weighted by Gasteiger charge is 2.32. The van der Waals surface area contributed by atoms with Crippen LogP contribution in [-0.4, -0.2) is 61.0 Å². The lowest BCUT2D eigenvalue weighted by Crippen LogP contribution is -2.49. The molecular formula is C13H25Cl2N3O. The maximum absolute atomic E-state index is 12.1. The van der Waals surface area contributed by atoms with Crippen molar-refractivity contribution in [3.63, 3.8) is 0 Å². The molecule has 2 saturated heterocycles. The monoisotopic (exact) mass is 309 g/mol. The zero-order valence-electron chi connectivity index (χ0n) is 11.3. The Bertz CT molecular complexity index is 286. The van der Waals surface area contributed by atoms with Crippen LogP contribution in [0, 0.1) is 5.92 Å². The molecule has 112 valence electrons. The molecule has 1 N–H and O–H groups in total. The van der Waals surface area contributed by atoms with Gasteiger partial charge in [-0.15, -0.1) is 24.8 Å². The minimum absolute atomic E-state index is 0. The number of nitrogens with one attached hydrogen (secondary N) is 1. The zero-order chi connectivity index (χ0) is 11.7. The van der Waals surface area contributed by atoms with Gasteiger partial charge in [0.25, 0.3) is 0 Å². The van der Waals surface area contributed by atoms with Crippen molar-refractivity contribution in [2.24, 2.45) is 5.92 Å². The third-order valence-electron chi connectivity index (χ3n) is 4.36. The van der Waals surface area contributed by atoms with Gasteiger partial charge in [0.05, 0.1) is 0 Å². The average molecular weight is 310 g/mol. The summed E-state index contributed by atoms with van der Waals surface area (Å²) in [5.74, 6) is 0.970. The summed E-state index contributed by atoms with van der Waals surface area (Å²) in [4.78, 5) is 16.8. The van der Waals surface area contributed by atoms with Crippen molar-refractivity contribution in [2.45, 2.75) is 31.7 Å². The standard InChI is InChI=1S/C13H23N3O.2ClH/c17-13(9-11-3-4-14-10-11)16-7-5-15(6-8-16)12-1-2-12;;/h11-12,14H,1-10H2;2*1H. The third kappa shape index (κ3) is 4.48. The second kappa shape index (κ2) is 7.67. The highest BCUT2D eigenvalue weighted by Crippen LogP contribution is 2.27. The normalized spacial score (nSPS) is 27.6. The Balaban J connectivity index is 0.000000902. The number of carbonyl (C=O) groups excluding carboxylic acids is 1. The smallest absolute Gasteiger partial charge is 0.222 e. The minimum atomic E-state index is 0. The Morgan fingerprint density at radius 1 is 1.05 bits per heavy atom. The van der Waals surface area contributed by atoms with Gasteiger partial charge in [-0.3, -0.25) is 9.69 Å². The van der Waals surface area contributed by atoms with Gasteiger partial charge in [0, 0.05) is 38.6 Å². The molecule has 3 rings (SSSR count). The summed E-state index contributed by atoms with van der Waals surface area (Å²) in [7, 11) is 0. The Labute approximate surface area is 128 Å². The van der Waals surface area contributed by atoms with E-state index in [1.54, 1.807) is 0 Å². The number of halogens is 2. The van der Waals surface area contributed by atoms with E-state index in [1.807, 2.05) is 0 Å². The van der Waals surface area contributed by atoms with Gasteiger partial charge >= 0.3 is 0 Å². The lowest BCUT2D eigenvalue weighted by Gasteiger charge is -2.35. The Kier molecular flexibility index (Phi) is 6.87. The van der Waals surface area contributed by atoms with Crippen molar-refractivity contribution in [1.82, 2.24) is 15.1 Å². The number of piperazine rings is 1. The second-order valence-electron chi connectivity index (χ2n) is 5.71. The number of nitrogens with zero attached hydrogens (tertiary/aromatic N) is 2. The van der Waals surface area contributed by atoms with E-state index in [9.17, 15) is 4.79 Å². The highest BCUT2D eigenvalue weighted by atomic mass is 35.5. The predicted molar refractivity (Wildman–Crippen MR) is 81.3 cm³/mol. The summed E-state index contributed by atoms with van der Waals surface area (Å²) in [5, 5.41) is 3.33. The van der Waals surface area contributed by atoms with Crippen LogP contribution in [0.25, 0.3) is 0 Å². The topological polar surface area (TPSA) is 35.6 Å². The molecule has 0 aromatic carbocycles. The zero-order valence-corrected chi connectivity index (χ0v) is 13.0. The molecule has 1 atom stereocenters. The molecule has 3 aliphatic rings. The number of hydrogen-bond donors (Lipinski definition) is 1. The average Bonchev–Trinajstić information content (AvgIpc) is 3.09. The first-order valence-electron chi connectivity index (χ1n) is 7.05. The van der Waals surface area contributed by atoms with Crippen molar-refractivity contribution in [3.8, 4) is 0 Å².